The molecule has 1 aliphatic heterocycles. The van der Waals surface area contributed by atoms with E-state index in [1.165, 1.54) is 69.3 Å². The van der Waals surface area contributed by atoms with Crippen molar-refractivity contribution >= 4 is 5.91 Å². The maximum absolute atomic E-state index is 12.0. The molecule has 1 saturated heterocycles. The minimum atomic E-state index is 0.177. The molecule has 0 N–H and O–H groups in total. The highest BCUT2D eigenvalue weighted by atomic mass is 16.2. The van der Waals surface area contributed by atoms with Crippen molar-refractivity contribution in [1.82, 2.24) is 9.80 Å². The van der Waals surface area contributed by atoms with Crippen LogP contribution in [0.25, 0.3) is 0 Å². The maximum Gasteiger partial charge on any atom is 0.219 e. The Morgan fingerprint density at radius 3 is 2.67 bits per heavy atom. The van der Waals surface area contributed by atoms with E-state index in [1.54, 1.807) is 6.92 Å². The van der Waals surface area contributed by atoms with Gasteiger partial charge in [0.2, 0.25) is 5.91 Å². The quantitative estimate of drug-likeness (QED) is 0.767. The Hall–Kier alpha value is -1.35. The normalized spacial score (nSPS) is 30.3. The van der Waals surface area contributed by atoms with Crippen LogP contribution in [0.1, 0.15) is 76.0 Å². The van der Waals surface area contributed by atoms with Crippen LogP contribution in [0.4, 0.5) is 0 Å². The number of fused-ring (bicyclic) bond motifs is 2. The summed E-state index contributed by atoms with van der Waals surface area (Å²) in [6.07, 6.45) is 9.31. The van der Waals surface area contributed by atoms with E-state index in [-0.39, 0.29) is 17.4 Å². The monoisotopic (exact) mass is 368 g/mol. The van der Waals surface area contributed by atoms with Gasteiger partial charge in [0.1, 0.15) is 0 Å². The Morgan fingerprint density at radius 2 is 1.96 bits per heavy atom. The van der Waals surface area contributed by atoms with Crippen molar-refractivity contribution in [2.75, 3.05) is 26.7 Å². The van der Waals surface area contributed by atoms with Crippen LogP contribution in [0, 0.1) is 11.8 Å². The van der Waals surface area contributed by atoms with Crippen LogP contribution in [-0.4, -0.2) is 42.4 Å². The van der Waals surface area contributed by atoms with Gasteiger partial charge in [0.15, 0.2) is 0 Å². The molecule has 1 spiro atoms. The Balaban J connectivity index is 1.45. The number of hydrogen-bond acceptors (Lipinski definition) is 2. The average molecular weight is 369 g/mol. The SMILES string of the molecule is CC(=O)N(C)[C@H]1CC2(CCN(C[C@@H]3CCC[C@@H](C)C3)CC2)c2ccccc21. The first kappa shape index (κ1) is 19.0. The number of amides is 1. The maximum atomic E-state index is 12.0. The molecule has 3 aliphatic rings. The summed E-state index contributed by atoms with van der Waals surface area (Å²) in [5.74, 6) is 2.01. The number of carbonyl (C=O) groups excluding carboxylic acids is 1. The van der Waals surface area contributed by atoms with Crippen LogP contribution in [-0.2, 0) is 10.2 Å². The zero-order chi connectivity index (χ0) is 19.0. The molecule has 2 fully saturated rings. The van der Waals surface area contributed by atoms with E-state index >= 15 is 0 Å². The third kappa shape index (κ3) is 3.68. The van der Waals surface area contributed by atoms with Gasteiger partial charge in [-0.3, -0.25) is 4.79 Å². The van der Waals surface area contributed by atoms with E-state index in [1.807, 2.05) is 11.9 Å². The second-order valence-electron chi connectivity index (χ2n) is 9.66. The molecule has 27 heavy (non-hydrogen) atoms. The van der Waals surface area contributed by atoms with Crippen molar-refractivity contribution in [3.05, 3.63) is 35.4 Å². The van der Waals surface area contributed by atoms with Crippen molar-refractivity contribution in [2.24, 2.45) is 11.8 Å². The van der Waals surface area contributed by atoms with E-state index in [0.29, 0.717) is 0 Å². The molecule has 1 amide bonds. The molecule has 1 aromatic carbocycles. The molecular weight excluding hydrogens is 332 g/mol. The van der Waals surface area contributed by atoms with Crippen molar-refractivity contribution in [3.8, 4) is 0 Å². The lowest BCUT2D eigenvalue weighted by atomic mass is 9.73. The first-order valence-electron chi connectivity index (χ1n) is 11.0. The molecular formula is C24H36N2O. The first-order valence-corrected chi connectivity index (χ1v) is 11.0. The van der Waals surface area contributed by atoms with Crippen LogP contribution < -0.4 is 0 Å². The fourth-order valence-corrected chi connectivity index (χ4v) is 6.15. The summed E-state index contributed by atoms with van der Waals surface area (Å²) >= 11 is 0. The number of carbonyl (C=O) groups is 1. The molecule has 3 atom stereocenters. The molecule has 1 saturated carbocycles. The number of likely N-dealkylation sites (tertiary alicyclic amines) is 1. The molecule has 2 aliphatic carbocycles. The number of benzene rings is 1. The van der Waals surface area contributed by atoms with Gasteiger partial charge in [-0.25, -0.2) is 0 Å². The molecule has 0 bridgehead atoms. The topological polar surface area (TPSA) is 23.6 Å². The van der Waals surface area contributed by atoms with Gasteiger partial charge in [-0.2, -0.15) is 0 Å². The Morgan fingerprint density at radius 1 is 1.22 bits per heavy atom. The van der Waals surface area contributed by atoms with E-state index < -0.39 is 0 Å². The number of nitrogens with zero attached hydrogens (tertiary/aromatic N) is 2. The van der Waals surface area contributed by atoms with Crippen molar-refractivity contribution in [3.63, 3.8) is 0 Å². The lowest BCUT2D eigenvalue weighted by Crippen LogP contribution is -2.44. The molecule has 4 rings (SSSR count). The minimum absolute atomic E-state index is 0.177. The molecule has 0 aromatic heterocycles. The van der Waals surface area contributed by atoms with E-state index in [0.717, 1.165) is 18.3 Å². The first-order chi connectivity index (χ1) is 13.0. The van der Waals surface area contributed by atoms with Crippen LogP contribution in [0.15, 0.2) is 24.3 Å². The fourth-order valence-electron chi connectivity index (χ4n) is 6.15. The van der Waals surface area contributed by atoms with Crippen LogP contribution >= 0.6 is 0 Å². The molecule has 3 heteroatoms. The lowest BCUT2D eigenvalue weighted by molar-refractivity contribution is -0.129. The van der Waals surface area contributed by atoms with Crippen molar-refractivity contribution in [1.29, 1.82) is 0 Å². The van der Waals surface area contributed by atoms with Crippen molar-refractivity contribution < 1.29 is 4.79 Å². The van der Waals surface area contributed by atoms with Gasteiger partial charge in [0, 0.05) is 25.9 Å². The molecule has 1 aromatic rings. The van der Waals surface area contributed by atoms with Gasteiger partial charge in [-0.15, -0.1) is 0 Å². The minimum Gasteiger partial charge on any atom is -0.339 e. The molecule has 0 unspecified atom stereocenters. The van der Waals surface area contributed by atoms with Crippen molar-refractivity contribution in [2.45, 2.75) is 70.3 Å². The summed E-state index contributed by atoms with van der Waals surface area (Å²) in [6.45, 7) is 7.87. The highest BCUT2D eigenvalue weighted by molar-refractivity contribution is 5.74. The summed E-state index contributed by atoms with van der Waals surface area (Å²) in [5, 5.41) is 0. The predicted molar refractivity (Wildman–Crippen MR) is 111 cm³/mol. The molecule has 1 heterocycles. The second kappa shape index (κ2) is 7.58. The average Bonchev–Trinajstić information content (AvgIpc) is 2.98. The molecule has 148 valence electrons. The summed E-state index contributed by atoms with van der Waals surface area (Å²) < 4.78 is 0. The second-order valence-corrected chi connectivity index (χ2v) is 9.66. The van der Waals surface area contributed by atoms with Crippen LogP contribution in [0.3, 0.4) is 0 Å². The smallest absolute Gasteiger partial charge is 0.219 e. The van der Waals surface area contributed by atoms with Gasteiger partial charge >= 0.3 is 0 Å². The number of rotatable bonds is 3. The summed E-state index contributed by atoms with van der Waals surface area (Å²) in [5.41, 5.74) is 3.19. The largest absolute Gasteiger partial charge is 0.339 e. The van der Waals surface area contributed by atoms with Gasteiger partial charge in [-0.1, -0.05) is 44.0 Å². The van der Waals surface area contributed by atoms with Gasteiger partial charge in [-0.05, 0) is 68.2 Å². The van der Waals surface area contributed by atoms with E-state index in [4.69, 9.17) is 0 Å². The zero-order valence-corrected chi connectivity index (χ0v) is 17.4. The zero-order valence-electron chi connectivity index (χ0n) is 17.4. The van der Waals surface area contributed by atoms with Gasteiger partial charge in [0.05, 0.1) is 6.04 Å². The Kier molecular flexibility index (Phi) is 5.33. The Bertz CT molecular complexity index is 677. The van der Waals surface area contributed by atoms with E-state index in [9.17, 15) is 4.79 Å². The standard InChI is InChI=1S/C24H36N2O/c1-18-7-6-8-20(15-18)17-26-13-11-24(12-14-26)16-23(25(3)19(2)27)21-9-4-5-10-22(21)24/h4-5,9-10,18,20,23H,6-8,11-17H2,1-3H3/t18-,20-,23+/m1/s1. The number of hydrogen-bond donors (Lipinski definition) is 0. The predicted octanol–water partition coefficient (Wildman–Crippen LogP) is 4.77. The van der Waals surface area contributed by atoms with Crippen LogP contribution in [0.5, 0.6) is 0 Å². The third-order valence-electron chi connectivity index (χ3n) is 7.81. The van der Waals surface area contributed by atoms with Gasteiger partial charge < -0.3 is 9.80 Å². The summed E-state index contributed by atoms with van der Waals surface area (Å²) in [4.78, 5) is 16.7. The summed E-state index contributed by atoms with van der Waals surface area (Å²) in [6, 6.07) is 9.17. The van der Waals surface area contributed by atoms with Crippen LogP contribution in [0.2, 0.25) is 0 Å². The third-order valence-corrected chi connectivity index (χ3v) is 7.81. The molecule has 3 nitrogen and oxygen atoms in total. The number of piperidine rings is 1. The highest BCUT2D eigenvalue weighted by Crippen LogP contribution is 2.52. The Labute approximate surface area is 165 Å². The van der Waals surface area contributed by atoms with Gasteiger partial charge in [0.25, 0.3) is 0 Å². The fraction of sp³-hybridized carbons (Fsp3) is 0.708. The molecule has 0 radical (unpaired) electrons. The lowest BCUT2D eigenvalue weighted by Gasteiger charge is -2.42. The van der Waals surface area contributed by atoms with E-state index in [2.05, 4.69) is 36.1 Å². The summed E-state index contributed by atoms with van der Waals surface area (Å²) in [7, 11) is 1.97. The highest BCUT2D eigenvalue weighted by Gasteiger charge is 2.46.